The molecule has 0 spiro atoms. The molecule has 132 valence electrons. The maximum atomic E-state index is 15.0. The molecular formula is C15H21BrFN5O2. The second kappa shape index (κ2) is 6.42. The average Bonchev–Trinajstić information content (AvgIpc) is 2.83. The van der Waals surface area contributed by atoms with Gasteiger partial charge in [-0.1, -0.05) is 0 Å². The highest BCUT2D eigenvalue weighted by atomic mass is 79.9. The van der Waals surface area contributed by atoms with Crippen LogP contribution in [-0.2, 0) is 4.74 Å². The number of aromatic nitrogens is 3. The number of fused-ring (bicyclic) bond motifs is 2. The maximum Gasteiger partial charge on any atom is 0.410 e. The molecule has 2 saturated heterocycles. The van der Waals surface area contributed by atoms with Crippen molar-refractivity contribution in [2.75, 3.05) is 5.32 Å². The van der Waals surface area contributed by atoms with Gasteiger partial charge in [-0.25, -0.2) is 14.2 Å². The van der Waals surface area contributed by atoms with Gasteiger partial charge < -0.3 is 10.1 Å². The molecule has 0 radical (unpaired) electrons. The monoisotopic (exact) mass is 401 g/mol. The van der Waals surface area contributed by atoms with Gasteiger partial charge in [0.1, 0.15) is 16.4 Å². The number of hydrogen-bond acceptors (Lipinski definition) is 6. The van der Waals surface area contributed by atoms with Crippen molar-refractivity contribution in [2.45, 2.75) is 69.9 Å². The topological polar surface area (TPSA) is 80.2 Å². The van der Waals surface area contributed by atoms with Gasteiger partial charge in [0.15, 0.2) is 0 Å². The summed E-state index contributed by atoms with van der Waals surface area (Å²) in [5.41, 5.74) is -0.589. The van der Waals surface area contributed by atoms with E-state index in [9.17, 15) is 9.18 Å². The molecule has 2 fully saturated rings. The Morgan fingerprint density at radius 3 is 2.79 bits per heavy atom. The summed E-state index contributed by atoms with van der Waals surface area (Å²) in [7, 11) is 0. The van der Waals surface area contributed by atoms with E-state index in [2.05, 4.69) is 36.4 Å². The fourth-order valence-electron chi connectivity index (χ4n) is 3.38. The summed E-state index contributed by atoms with van der Waals surface area (Å²) < 4.78 is 20.9. The Labute approximate surface area is 148 Å². The highest BCUT2D eigenvalue weighted by Gasteiger charge is 2.51. The third-order valence-corrected chi connectivity index (χ3v) is 4.64. The largest absolute Gasteiger partial charge is 0.444 e. The van der Waals surface area contributed by atoms with Gasteiger partial charge in [0, 0.05) is 6.04 Å². The number of carbonyl (C=O) groups is 1. The Kier molecular flexibility index (Phi) is 4.63. The predicted octanol–water partition coefficient (Wildman–Crippen LogP) is 2.92. The van der Waals surface area contributed by atoms with Crippen molar-refractivity contribution < 1.29 is 13.9 Å². The highest BCUT2D eigenvalue weighted by molar-refractivity contribution is 9.10. The first-order valence-corrected chi connectivity index (χ1v) is 8.81. The number of nitrogens with one attached hydrogen (secondary N) is 1. The van der Waals surface area contributed by atoms with E-state index in [0.29, 0.717) is 17.4 Å². The molecule has 1 N–H and O–H groups in total. The lowest BCUT2D eigenvalue weighted by Gasteiger charge is -2.41. The zero-order valence-corrected chi connectivity index (χ0v) is 15.5. The van der Waals surface area contributed by atoms with E-state index in [1.165, 1.54) is 6.20 Å². The quantitative estimate of drug-likeness (QED) is 0.820. The zero-order valence-electron chi connectivity index (χ0n) is 13.9. The van der Waals surface area contributed by atoms with Crippen LogP contribution in [-0.4, -0.2) is 56.1 Å². The van der Waals surface area contributed by atoms with Crippen molar-refractivity contribution in [3.8, 4) is 0 Å². The van der Waals surface area contributed by atoms with Gasteiger partial charge in [-0.2, -0.15) is 0 Å². The standard InChI is InChI=1S/C15H21BrFN5O2/c1-15(2,3)24-14(23)22-8-4-5-10(22)12(17)9(6-8)19-13-18-7-11(16)20-21-13/h7-10,12H,4-6H2,1-3H3,(H,18,19,21)/t8-,9-,10+,12-/m1/s1. The summed E-state index contributed by atoms with van der Waals surface area (Å²) in [6.45, 7) is 5.43. The summed E-state index contributed by atoms with van der Waals surface area (Å²) in [5.74, 6) is 0.288. The van der Waals surface area contributed by atoms with E-state index in [0.717, 1.165) is 6.42 Å². The van der Waals surface area contributed by atoms with Gasteiger partial charge >= 0.3 is 6.09 Å². The molecule has 1 aromatic rings. The minimum absolute atomic E-state index is 0.0299. The molecule has 2 bridgehead atoms. The van der Waals surface area contributed by atoms with Crippen molar-refractivity contribution in [1.29, 1.82) is 0 Å². The second-order valence-electron chi connectivity index (χ2n) is 7.22. The molecule has 3 heterocycles. The molecule has 3 rings (SSSR count). The van der Waals surface area contributed by atoms with Crippen molar-refractivity contribution in [3.63, 3.8) is 0 Å². The van der Waals surface area contributed by atoms with Crippen LogP contribution in [0.25, 0.3) is 0 Å². The van der Waals surface area contributed by atoms with Crippen molar-refractivity contribution >= 4 is 28.0 Å². The summed E-state index contributed by atoms with van der Waals surface area (Å²) in [5, 5.41) is 10.7. The van der Waals surface area contributed by atoms with Gasteiger partial charge in [0.2, 0.25) is 5.95 Å². The molecular weight excluding hydrogens is 381 g/mol. The number of carbonyl (C=O) groups excluding carboxylic acids is 1. The molecule has 0 unspecified atom stereocenters. The van der Waals surface area contributed by atoms with Gasteiger partial charge in [-0.15, -0.1) is 10.2 Å². The number of halogens is 2. The summed E-state index contributed by atoms with van der Waals surface area (Å²) >= 11 is 3.16. The van der Waals surface area contributed by atoms with E-state index >= 15 is 0 Å². The van der Waals surface area contributed by atoms with E-state index in [1.807, 2.05) is 20.8 Å². The average molecular weight is 402 g/mol. The van der Waals surface area contributed by atoms with E-state index in [4.69, 9.17) is 4.74 Å². The Bertz CT molecular complexity index is 609. The van der Waals surface area contributed by atoms with Crippen molar-refractivity contribution in [2.24, 2.45) is 0 Å². The van der Waals surface area contributed by atoms with Crippen LogP contribution in [0.4, 0.5) is 15.1 Å². The van der Waals surface area contributed by atoms with Crippen molar-refractivity contribution in [1.82, 2.24) is 20.1 Å². The third-order valence-electron chi connectivity index (χ3n) is 4.28. The number of piperidine rings is 1. The first kappa shape index (κ1) is 17.3. The van der Waals surface area contributed by atoms with Crippen LogP contribution in [0.2, 0.25) is 0 Å². The molecule has 9 heteroatoms. The lowest BCUT2D eigenvalue weighted by Crippen LogP contribution is -2.57. The van der Waals surface area contributed by atoms with E-state index in [-0.39, 0.29) is 12.0 Å². The first-order valence-electron chi connectivity index (χ1n) is 8.02. The minimum atomic E-state index is -1.21. The zero-order chi connectivity index (χ0) is 17.5. The SMILES string of the molecule is CC(C)(C)OC(=O)N1[C@@H]2CC[C@H]1[C@H](F)[C@H](Nc1ncc(Br)nn1)C2. The van der Waals surface area contributed by atoms with Crippen LogP contribution in [0.1, 0.15) is 40.0 Å². The molecule has 0 saturated carbocycles. The second-order valence-corrected chi connectivity index (χ2v) is 8.03. The number of hydrogen-bond donors (Lipinski definition) is 1. The molecule has 4 atom stereocenters. The van der Waals surface area contributed by atoms with Crippen molar-refractivity contribution in [3.05, 3.63) is 10.8 Å². The molecule has 2 aliphatic heterocycles. The van der Waals surface area contributed by atoms with Crippen LogP contribution in [0.3, 0.4) is 0 Å². The summed E-state index contributed by atoms with van der Waals surface area (Å²) in [6, 6.07) is -0.943. The molecule has 7 nitrogen and oxygen atoms in total. The highest BCUT2D eigenvalue weighted by Crippen LogP contribution is 2.39. The van der Waals surface area contributed by atoms with Crippen LogP contribution >= 0.6 is 15.9 Å². The molecule has 1 amide bonds. The van der Waals surface area contributed by atoms with Crippen LogP contribution < -0.4 is 5.32 Å². The molecule has 1 aromatic heterocycles. The molecule has 2 aliphatic rings. The van der Waals surface area contributed by atoms with Gasteiger partial charge in [-0.05, 0) is 56.0 Å². The van der Waals surface area contributed by atoms with Crippen LogP contribution in [0.15, 0.2) is 10.8 Å². The smallest absolute Gasteiger partial charge is 0.410 e. The number of nitrogens with zero attached hydrogens (tertiary/aromatic N) is 4. The fourth-order valence-corrected chi connectivity index (χ4v) is 3.56. The number of amides is 1. The lowest BCUT2D eigenvalue weighted by molar-refractivity contribution is -0.00836. The number of ether oxygens (including phenoxy) is 1. The van der Waals surface area contributed by atoms with E-state index in [1.54, 1.807) is 4.90 Å². The molecule has 0 aliphatic carbocycles. The maximum absolute atomic E-state index is 15.0. The molecule has 0 aromatic carbocycles. The number of rotatable bonds is 2. The number of alkyl halides is 1. The van der Waals surface area contributed by atoms with Gasteiger partial charge in [-0.3, -0.25) is 4.90 Å². The minimum Gasteiger partial charge on any atom is -0.444 e. The Morgan fingerprint density at radius 2 is 2.17 bits per heavy atom. The van der Waals surface area contributed by atoms with Crippen LogP contribution in [0.5, 0.6) is 0 Å². The third kappa shape index (κ3) is 3.60. The molecule has 24 heavy (non-hydrogen) atoms. The predicted molar refractivity (Wildman–Crippen MR) is 89.3 cm³/mol. The Hall–Kier alpha value is -1.51. The van der Waals surface area contributed by atoms with E-state index < -0.39 is 29.9 Å². The van der Waals surface area contributed by atoms with Crippen LogP contribution in [0, 0.1) is 0 Å². The number of anilines is 1. The Morgan fingerprint density at radius 1 is 1.42 bits per heavy atom. The Balaban J connectivity index is 1.70. The summed E-state index contributed by atoms with van der Waals surface area (Å²) in [6.07, 6.45) is 1.79. The van der Waals surface area contributed by atoms with Gasteiger partial charge in [0.25, 0.3) is 0 Å². The van der Waals surface area contributed by atoms with Gasteiger partial charge in [0.05, 0.1) is 18.3 Å². The summed E-state index contributed by atoms with van der Waals surface area (Å²) in [4.78, 5) is 18.1. The fraction of sp³-hybridized carbons (Fsp3) is 0.733. The first-order chi connectivity index (χ1) is 11.2. The lowest BCUT2D eigenvalue weighted by atomic mass is 9.96. The normalized spacial score (nSPS) is 29.5.